The minimum absolute atomic E-state index is 0.00136. The standard InChI is InChI=1S/C31H58N4O7/c1-13-20(6)27(34(10)30(38)25(18(2)3)32-29(37)26(19(4)5)33(8)9)23(41-11)17-24(36)35-16-14-15-22(35)28(42-12)21(7)31(39)40/h18-23,25-28H,13-17H2,1-12H3,(H,32,37)(H,39,40)/t20?,21-,22?,23?,25+,26+,27+,28?/m1/s1. The molecule has 1 aliphatic rings. The third-order valence-electron chi connectivity index (χ3n) is 8.92. The van der Waals surface area contributed by atoms with Crippen LogP contribution in [-0.2, 0) is 28.7 Å². The van der Waals surface area contributed by atoms with Crippen molar-refractivity contribution >= 4 is 23.7 Å². The molecule has 0 radical (unpaired) electrons. The van der Waals surface area contributed by atoms with Crippen molar-refractivity contribution in [2.75, 3.05) is 41.9 Å². The van der Waals surface area contributed by atoms with Gasteiger partial charge in [0.1, 0.15) is 6.04 Å². The van der Waals surface area contributed by atoms with E-state index >= 15 is 0 Å². The predicted molar refractivity (Wildman–Crippen MR) is 163 cm³/mol. The minimum Gasteiger partial charge on any atom is -0.481 e. The van der Waals surface area contributed by atoms with E-state index in [4.69, 9.17) is 9.47 Å². The number of carbonyl (C=O) groups excluding carboxylic acids is 3. The van der Waals surface area contributed by atoms with Gasteiger partial charge in [0.15, 0.2) is 0 Å². The second kappa shape index (κ2) is 17.2. The van der Waals surface area contributed by atoms with E-state index in [2.05, 4.69) is 5.32 Å². The van der Waals surface area contributed by atoms with Crippen LogP contribution in [0, 0.1) is 23.7 Å². The Kier molecular flexibility index (Phi) is 15.4. The molecule has 0 saturated carbocycles. The molecule has 42 heavy (non-hydrogen) atoms. The molecule has 1 saturated heterocycles. The maximum Gasteiger partial charge on any atom is 0.308 e. The largest absolute Gasteiger partial charge is 0.481 e. The molecule has 1 aliphatic heterocycles. The summed E-state index contributed by atoms with van der Waals surface area (Å²) in [4.78, 5) is 57.9. The SMILES string of the molecule is CCC(C)[C@@H](C(CC(=O)N1CCCC1C(OC)[C@@H](C)C(=O)O)OC)N(C)C(=O)[C@@H](NC(=O)[C@H](C(C)C)N(C)C)C(C)C. The van der Waals surface area contributed by atoms with Crippen LogP contribution in [0.2, 0.25) is 0 Å². The van der Waals surface area contributed by atoms with Crippen molar-refractivity contribution < 1.29 is 33.8 Å². The number of carboxylic acid groups (broad SMARTS) is 1. The van der Waals surface area contributed by atoms with Crippen LogP contribution in [0.5, 0.6) is 0 Å². The lowest BCUT2D eigenvalue weighted by molar-refractivity contribution is -0.152. The third-order valence-corrected chi connectivity index (χ3v) is 8.92. The van der Waals surface area contributed by atoms with Gasteiger partial charge in [0, 0.05) is 27.8 Å². The topological polar surface area (TPSA) is 129 Å². The van der Waals surface area contributed by atoms with Gasteiger partial charge in [-0.2, -0.15) is 0 Å². The number of methoxy groups -OCH3 is 2. The number of likely N-dealkylation sites (N-methyl/N-ethyl adjacent to an activating group) is 2. The number of carboxylic acids is 1. The van der Waals surface area contributed by atoms with Crippen LogP contribution in [0.3, 0.4) is 0 Å². The number of likely N-dealkylation sites (tertiary alicyclic amines) is 1. The van der Waals surface area contributed by atoms with Crippen molar-refractivity contribution in [1.82, 2.24) is 20.0 Å². The zero-order valence-electron chi connectivity index (χ0n) is 28.0. The summed E-state index contributed by atoms with van der Waals surface area (Å²) in [7, 11) is 8.45. The average Bonchev–Trinajstić information content (AvgIpc) is 3.39. The molecule has 2 N–H and O–H groups in total. The summed E-state index contributed by atoms with van der Waals surface area (Å²) in [5.41, 5.74) is 0. The molecule has 1 heterocycles. The Balaban J connectivity index is 3.26. The highest BCUT2D eigenvalue weighted by Gasteiger charge is 2.43. The van der Waals surface area contributed by atoms with Gasteiger partial charge in [0.2, 0.25) is 17.7 Å². The second-order valence-corrected chi connectivity index (χ2v) is 12.8. The molecule has 1 rings (SSSR count). The van der Waals surface area contributed by atoms with E-state index in [1.165, 1.54) is 7.11 Å². The molecule has 11 nitrogen and oxygen atoms in total. The maximum absolute atomic E-state index is 14.0. The zero-order chi connectivity index (χ0) is 32.5. The number of amides is 3. The Morgan fingerprint density at radius 1 is 0.976 bits per heavy atom. The van der Waals surface area contributed by atoms with Crippen molar-refractivity contribution in [2.24, 2.45) is 23.7 Å². The van der Waals surface area contributed by atoms with Gasteiger partial charge < -0.3 is 29.7 Å². The molecular weight excluding hydrogens is 540 g/mol. The highest BCUT2D eigenvalue weighted by Crippen LogP contribution is 2.29. The van der Waals surface area contributed by atoms with E-state index in [1.807, 2.05) is 60.5 Å². The van der Waals surface area contributed by atoms with Gasteiger partial charge in [-0.15, -0.1) is 0 Å². The lowest BCUT2D eigenvalue weighted by Crippen LogP contribution is -2.59. The highest BCUT2D eigenvalue weighted by molar-refractivity contribution is 5.90. The minimum atomic E-state index is -0.968. The van der Waals surface area contributed by atoms with Gasteiger partial charge >= 0.3 is 5.97 Å². The normalized spacial score (nSPS) is 20.6. The highest BCUT2D eigenvalue weighted by atomic mass is 16.5. The molecule has 3 amide bonds. The maximum atomic E-state index is 14.0. The molecule has 0 bridgehead atoms. The van der Waals surface area contributed by atoms with Gasteiger partial charge in [-0.05, 0) is 51.6 Å². The summed E-state index contributed by atoms with van der Waals surface area (Å²) in [6.45, 7) is 13.9. The van der Waals surface area contributed by atoms with Crippen LogP contribution in [0.15, 0.2) is 0 Å². The van der Waals surface area contributed by atoms with E-state index < -0.39 is 36.2 Å². The number of hydrogen-bond acceptors (Lipinski definition) is 7. The van der Waals surface area contributed by atoms with Crippen LogP contribution < -0.4 is 5.32 Å². The molecule has 0 aromatic rings. The van der Waals surface area contributed by atoms with Crippen LogP contribution in [0.25, 0.3) is 0 Å². The number of ether oxygens (including phenoxy) is 2. The van der Waals surface area contributed by atoms with Gasteiger partial charge in [0.25, 0.3) is 0 Å². The van der Waals surface area contributed by atoms with Gasteiger partial charge in [-0.25, -0.2) is 0 Å². The van der Waals surface area contributed by atoms with Crippen LogP contribution in [0.4, 0.5) is 0 Å². The molecule has 4 unspecified atom stereocenters. The molecule has 0 aromatic heterocycles. The summed E-state index contributed by atoms with van der Waals surface area (Å²) < 4.78 is 11.5. The Bertz CT molecular complexity index is 889. The molecule has 0 aromatic carbocycles. The summed E-state index contributed by atoms with van der Waals surface area (Å²) in [5, 5.41) is 12.6. The smallest absolute Gasteiger partial charge is 0.308 e. The second-order valence-electron chi connectivity index (χ2n) is 12.8. The zero-order valence-corrected chi connectivity index (χ0v) is 28.0. The summed E-state index contributed by atoms with van der Waals surface area (Å²) in [6.07, 6.45) is 0.970. The van der Waals surface area contributed by atoms with Crippen molar-refractivity contribution in [3.63, 3.8) is 0 Å². The predicted octanol–water partition coefficient (Wildman–Crippen LogP) is 2.72. The van der Waals surface area contributed by atoms with Gasteiger partial charge in [0.05, 0.1) is 42.7 Å². The third kappa shape index (κ3) is 9.38. The Morgan fingerprint density at radius 2 is 1.57 bits per heavy atom. The van der Waals surface area contributed by atoms with E-state index in [-0.39, 0.29) is 54.0 Å². The van der Waals surface area contributed by atoms with E-state index in [1.54, 1.807) is 30.9 Å². The van der Waals surface area contributed by atoms with Crippen LogP contribution in [0.1, 0.15) is 74.1 Å². The fourth-order valence-electron chi connectivity index (χ4n) is 6.40. The monoisotopic (exact) mass is 598 g/mol. The van der Waals surface area contributed by atoms with E-state index in [0.29, 0.717) is 13.0 Å². The van der Waals surface area contributed by atoms with Crippen molar-refractivity contribution in [2.45, 2.75) is 111 Å². The first-order valence-corrected chi connectivity index (χ1v) is 15.4. The average molecular weight is 599 g/mol. The lowest BCUT2D eigenvalue weighted by Gasteiger charge is -2.41. The molecule has 0 aliphatic carbocycles. The molecule has 1 fully saturated rings. The first-order chi connectivity index (χ1) is 19.5. The fourth-order valence-corrected chi connectivity index (χ4v) is 6.40. The van der Waals surface area contributed by atoms with E-state index in [0.717, 1.165) is 12.8 Å². The molecule has 8 atom stereocenters. The van der Waals surface area contributed by atoms with Gasteiger partial charge in [-0.3, -0.25) is 24.1 Å². The van der Waals surface area contributed by atoms with Crippen molar-refractivity contribution in [3.8, 4) is 0 Å². The van der Waals surface area contributed by atoms with Gasteiger partial charge in [-0.1, -0.05) is 48.0 Å². The Morgan fingerprint density at radius 3 is 2.00 bits per heavy atom. The number of aliphatic carboxylic acids is 1. The molecule has 11 heteroatoms. The van der Waals surface area contributed by atoms with Crippen molar-refractivity contribution in [3.05, 3.63) is 0 Å². The number of carbonyl (C=O) groups is 4. The van der Waals surface area contributed by atoms with E-state index in [9.17, 15) is 24.3 Å². The van der Waals surface area contributed by atoms with Crippen LogP contribution in [-0.4, -0.2) is 122 Å². The summed E-state index contributed by atoms with van der Waals surface area (Å²) >= 11 is 0. The van der Waals surface area contributed by atoms with Crippen LogP contribution >= 0.6 is 0 Å². The lowest BCUT2D eigenvalue weighted by atomic mass is 9.89. The molecule has 0 spiro atoms. The molecular formula is C31H58N4O7. The molecule has 244 valence electrons. The number of hydrogen-bond donors (Lipinski definition) is 2. The summed E-state index contributed by atoms with van der Waals surface area (Å²) in [5.74, 6) is -2.42. The quantitative estimate of drug-likeness (QED) is 0.262. The Labute approximate surface area is 253 Å². The number of rotatable bonds is 17. The number of nitrogens with one attached hydrogen (secondary N) is 1. The fraction of sp³-hybridized carbons (Fsp3) is 0.871. The number of nitrogens with zero attached hydrogens (tertiary/aromatic N) is 3. The first kappa shape index (κ1) is 37.8. The first-order valence-electron chi connectivity index (χ1n) is 15.4. The van der Waals surface area contributed by atoms with Crippen molar-refractivity contribution in [1.29, 1.82) is 0 Å². The Hall–Kier alpha value is -2.24. The summed E-state index contributed by atoms with van der Waals surface area (Å²) in [6, 6.07) is -1.90.